The molecular weight excluding hydrogens is 290 g/mol. The van der Waals surface area contributed by atoms with E-state index in [4.69, 9.17) is 0 Å². The highest BCUT2D eigenvalue weighted by Gasteiger charge is 2.32. The Kier molecular flexibility index (Phi) is 5.37. The van der Waals surface area contributed by atoms with Gasteiger partial charge in [-0.25, -0.2) is 4.79 Å². The van der Waals surface area contributed by atoms with Crippen LogP contribution in [0.15, 0.2) is 42.5 Å². The number of carboxylic acid groups (broad SMARTS) is 1. The Balaban J connectivity index is 1.88. The van der Waals surface area contributed by atoms with Crippen LogP contribution in [0.25, 0.3) is 10.8 Å². The Morgan fingerprint density at radius 3 is 2.48 bits per heavy atom. The summed E-state index contributed by atoms with van der Waals surface area (Å²) < 4.78 is 0. The first-order valence-corrected chi connectivity index (χ1v) is 7.97. The molecule has 0 saturated heterocycles. The largest absolute Gasteiger partial charge is 0.480 e. The van der Waals surface area contributed by atoms with Gasteiger partial charge in [0.15, 0.2) is 0 Å². The molecule has 2 N–H and O–H groups in total. The van der Waals surface area contributed by atoms with E-state index in [1.165, 1.54) is 23.3 Å². The van der Waals surface area contributed by atoms with E-state index < -0.39 is 11.5 Å². The zero-order chi connectivity index (χ0) is 16.9. The zero-order valence-electron chi connectivity index (χ0n) is 13.6. The molecule has 2 rings (SSSR count). The number of rotatable bonds is 7. The van der Waals surface area contributed by atoms with Crippen molar-refractivity contribution in [1.82, 2.24) is 5.32 Å². The van der Waals surface area contributed by atoms with Crippen LogP contribution in [0.3, 0.4) is 0 Å². The first kappa shape index (κ1) is 17.0. The van der Waals surface area contributed by atoms with Gasteiger partial charge in [-0.1, -0.05) is 49.4 Å². The zero-order valence-corrected chi connectivity index (χ0v) is 13.6. The molecule has 0 bridgehead atoms. The lowest BCUT2D eigenvalue weighted by molar-refractivity contribution is -0.147. The fraction of sp³-hybridized carbons (Fsp3) is 0.368. The van der Waals surface area contributed by atoms with Gasteiger partial charge < -0.3 is 10.4 Å². The Labute approximate surface area is 136 Å². The summed E-state index contributed by atoms with van der Waals surface area (Å²) in [5.74, 6) is -1.21. The molecule has 0 spiro atoms. The van der Waals surface area contributed by atoms with E-state index in [2.05, 4.69) is 35.6 Å². The van der Waals surface area contributed by atoms with E-state index in [0.717, 1.165) is 6.42 Å². The molecule has 2 aromatic carbocycles. The Morgan fingerprint density at radius 1 is 1.13 bits per heavy atom. The predicted molar refractivity (Wildman–Crippen MR) is 91.4 cm³/mol. The van der Waals surface area contributed by atoms with Crippen LogP contribution in [-0.4, -0.2) is 22.5 Å². The second-order valence-electron chi connectivity index (χ2n) is 6.07. The van der Waals surface area contributed by atoms with Gasteiger partial charge in [0.1, 0.15) is 5.54 Å². The number of aryl methyl sites for hydroxylation is 1. The van der Waals surface area contributed by atoms with Crippen LogP contribution in [0.5, 0.6) is 0 Å². The summed E-state index contributed by atoms with van der Waals surface area (Å²) in [6, 6.07) is 14.5. The first-order chi connectivity index (χ1) is 10.9. The van der Waals surface area contributed by atoms with E-state index >= 15 is 0 Å². The average molecular weight is 313 g/mol. The second kappa shape index (κ2) is 7.27. The summed E-state index contributed by atoms with van der Waals surface area (Å²) in [5, 5.41) is 14.2. The van der Waals surface area contributed by atoms with Crippen LogP contribution in [0.1, 0.15) is 38.7 Å². The van der Waals surface area contributed by atoms with Gasteiger partial charge in [-0.15, -0.1) is 0 Å². The molecule has 122 valence electrons. The minimum atomic E-state index is -1.18. The van der Waals surface area contributed by atoms with Gasteiger partial charge in [0, 0.05) is 6.42 Å². The number of hydrogen-bond acceptors (Lipinski definition) is 2. The highest BCUT2D eigenvalue weighted by molar-refractivity contribution is 5.86. The summed E-state index contributed by atoms with van der Waals surface area (Å²) >= 11 is 0. The molecule has 0 saturated carbocycles. The number of nitrogens with one attached hydrogen (secondary N) is 1. The standard InChI is InChI=1S/C19H23NO3/c1-3-19(2,18(22)23)20-17(21)10-6-7-14-11-12-15-8-4-5-9-16(15)13-14/h4-5,8-9,11-13H,3,6-7,10H2,1-2H3,(H,20,21)(H,22,23). The van der Waals surface area contributed by atoms with Crippen LogP contribution in [0, 0.1) is 0 Å². The lowest BCUT2D eigenvalue weighted by Gasteiger charge is -2.24. The minimum absolute atomic E-state index is 0.211. The molecule has 23 heavy (non-hydrogen) atoms. The summed E-state index contributed by atoms with van der Waals surface area (Å²) in [4.78, 5) is 23.1. The maximum absolute atomic E-state index is 12.0. The number of benzene rings is 2. The van der Waals surface area contributed by atoms with Crippen LogP contribution < -0.4 is 5.32 Å². The topological polar surface area (TPSA) is 66.4 Å². The highest BCUT2D eigenvalue weighted by atomic mass is 16.4. The number of aliphatic carboxylic acids is 1. The van der Waals surface area contributed by atoms with Gasteiger partial charge in [0.25, 0.3) is 0 Å². The number of fused-ring (bicyclic) bond motifs is 1. The molecule has 0 aromatic heterocycles. The van der Waals surface area contributed by atoms with Gasteiger partial charge in [-0.3, -0.25) is 4.79 Å². The Bertz CT molecular complexity index is 711. The van der Waals surface area contributed by atoms with Crippen molar-refractivity contribution in [2.24, 2.45) is 0 Å². The third-order valence-corrected chi connectivity index (χ3v) is 4.28. The third-order valence-electron chi connectivity index (χ3n) is 4.28. The van der Waals surface area contributed by atoms with Gasteiger partial charge in [-0.2, -0.15) is 0 Å². The van der Waals surface area contributed by atoms with E-state index in [1.54, 1.807) is 6.92 Å². The number of hydrogen-bond donors (Lipinski definition) is 2. The molecule has 4 heteroatoms. The number of carboxylic acids is 1. The maximum Gasteiger partial charge on any atom is 0.329 e. The van der Waals surface area contributed by atoms with Gasteiger partial charge >= 0.3 is 5.97 Å². The molecule has 0 aliphatic heterocycles. The lowest BCUT2D eigenvalue weighted by atomic mass is 9.98. The average Bonchev–Trinajstić information content (AvgIpc) is 2.54. The van der Waals surface area contributed by atoms with Gasteiger partial charge in [0.05, 0.1) is 0 Å². The lowest BCUT2D eigenvalue weighted by Crippen LogP contribution is -2.51. The van der Waals surface area contributed by atoms with Crippen molar-refractivity contribution in [3.8, 4) is 0 Å². The molecule has 1 unspecified atom stereocenters. The second-order valence-corrected chi connectivity index (χ2v) is 6.07. The molecule has 2 aromatic rings. The minimum Gasteiger partial charge on any atom is -0.480 e. The fourth-order valence-electron chi connectivity index (χ4n) is 2.51. The van der Waals surface area contributed by atoms with Crippen LogP contribution >= 0.6 is 0 Å². The summed E-state index contributed by atoms with van der Waals surface area (Å²) in [5.41, 5.74) is 0.00743. The van der Waals surface area contributed by atoms with Crippen molar-refractivity contribution in [3.63, 3.8) is 0 Å². The Morgan fingerprint density at radius 2 is 1.83 bits per heavy atom. The smallest absolute Gasteiger partial charge is 0.329 e. The third kappa shape index (κ3) is 4.31. The quantitative estimate of drug-likeness (QED) is 0.821. The van der Waals surface area contributed by atoms with Crippen molar-refractivity contribution in [2.75, 3.05) is 0 Å². The molecule has 0 aliphatic rings. The number of amides is 1. The fourth-order valence-corrected chi connectivity index (χ4v) is 2.51. The van der Waals surface area contributed by atoms with Gasteiger partial charge in [-0.05, 0) is 42.5 Å². The molecule has 0 fully saturated rings. The SMILES string of the molecule is CCC(C)(NC(=O)CCCc1ccc2ccccc2c1)C(=O)O. The predicted octanol–water partition coefficient (Wildman–Crippen LogP) is 3.53. The molecule has 1 atom stereocenters. The summed E-state index contributed by atoms with van der Waals surface area (Å²) in [7, 11) is 0. The first-order valence-electron chi connectivity index (χ1n) is 7.97. The van der Waals surface area contributed by atoms with Crippen LogP contribution in [-0.2, 0) is 16.0 Å². The van der Waals surface area contributed by atoms with Crippen molar-refractivity contribution in [2.45, 2.75) is 45.1 Å². The summed E-state index contributed by atoms with van der Waals surface area (Å²) in [6.45, 7) is 3.29. The summed E-state index contributed by atoms with van der Waals surface area (Å²) in [6.07, 6.45) is 2.19. The van der Waals surface area contributed by atoms with Crippen molar-refractivity contribution in [1.29, 1.82) is 0 Å². The van der Waals surface area contributed by atoms with E-state index in [0.29, 0.717) is 19.3 Å². The van der Waals surface area contributed by atoms with E-state index in [1.807, 2.05) is 12.1 Å². The molecule has 1 amide bonds. The van der Waals surface area contributed by atoms with Crippen LogP contribution in [0.2, 0.25) is 0 Å². The van der Waals surface area contributed by atoms with Crippen LogP contribution in [0.4, 0.5) is 0 Å². The van der Waals surface area contributed by atoms with Crippen molar-refractivity contribution in [3.05, 3.63) is 48.0 Å². The molecular formula is C19H23NO3. The van der Waals surface area contributed by atoms with E-state index in [9.17, 15) is 14.7 Å². The Hall–Kier alpha value is -2.36. The molecule has 0 aliphatic carbocycles. The highest BCUT2D eigenvalue weighted by Crippen LogP contribution is 2.17. The normalized spacial score (nSPS) is 13.5. The monoisotopic (exact) mass is 313 g/mol. The molecule has 0 radical (unpaired) electrons. The van der Waals surface area contributed by atoms with Crippen molar-refractivity contribution >= 4 is 22.6 Å². The van der Waals surface area contributed by atoms with E-state index in [-0.39, 0.29) is 5.91 Å². The van der Waals surface area contributed by atoms with Gasteiger partial charge in [0.2, 0.25) is 5.91 Å². The molecule has 0 heterocycles. The number of carbonyl (C=O) groups is 2. The molecule has 4 nitrogen and oxygen atoms in total. The van der Waals surface area contributed by atoms with Crippen molar-refractivity contribution < 1.29 is 14.7 Å². The number of carbonyl (C=O) groups excluding carboxylic acids is 1. The maximum atomic E-state index is 12.0.